The third-order valence-corrected chi connectivity index (χ3v) is 6.53. The Hall–Kier alpha value is -3.65. The minimum absolute atomic E-state index is 0.116. The van der Waals surface area contributed by atoms with E-state index < -0.39 is 10.8 Å². The monoisotopic (exact) mass is 524 g/mol. The molecule has 0 aliphatic carbocycles. The van der Waals surface area contributed by atoms with Crippen molar-refractivity contribution in [3.05, 3.63) is 98.3 Å². The molecule has 0 aliphatic heterocycles. The maximum absolute atomic E-state index is 13.5. The third kappa shape index (κ3) is 7.20. The van der Waals surface area contributed by atoms with Crippen LogP contribution in [0.4, 0.5) is 5.69 Å². The Morgan fingerprint density at radius 3 is 2.46 bits per heavy atom. The summed E-state index contributed by atoms with van der Waals surface area (Å²) < 4.78 is 2.07. The van der Waals surface area contributed by atoms with Crippen LogP contribution in [0.2, 0.25) is 5.02 Å². The highest BCUT2D eigenvalue weighted by molar-refractivity contribution is 6.31. The molecule has 0 bridgehead atoms. The lowest BCUT2D eigenvalue weighted by atomic mass is 10.1. The van der Waals surface area contributed by atoms with Crippen molar-refractivity contribution >= 4 is 29.1 Å². The van der Waals surface area contributed by atoms with Crippen molar-refractivity contribution in [2.24, 2.45) is 5.92 Å². The Bertz CT molecular complexity index is 1270. The molecule has 196 valence electrons. The number of halogens is 1. The van der Waals surface area contributed by atoms with Gasteiger partial charge in [0.25, 0.3) is 11.6 Å². The van der Waals surface area contributed by atoms with Gasteiger partial charge < -0.3 is 14.4 Å². The lowest BCUT2D eigenvalue weighted by molar-refractivity contribution is -0.385. The number of carbonyl (C=O) groups is 2. The fourth-order valence-corrected chi connectivity index (χ4v) is 4.36. The summed E-state index contributed by atoms with van der Waals surface area (Å²) in [5.74, 6) is -0.372. The van der Waals surface area contributed by atoms with Gasteiger partial charge in [-0.3, -0.25) is 19.7 Å². The number of carbonyl (C=O) groups excluding carboxylic acids is 2. The summed E-state index contributed by atoms with van der Waals surface area (Å²) in [6, 6.07) is 16.0. The number of aromatic nitrogens is 1. The average Bonchev–Trinajstić information content (AvgIpc) is 3.29. The molecule has 0 radical (unpaired) electrons. The number of benzene rings is 2. The van der Waals surface area contributed by atoms with Gasteiger partial charge in [0, 0.05) is 53.7 Å². The van der Waals surface area contributed by atoms with Gasteiger partial charge in [0.2, 0.25) is 5.91 Å². The molecule has 0 fully saturated rings. The van der Waals surface area contributed by atoms with E-state index in [1.807, 2.05) is 56.4 Å². The molecule has 3 rings (SSSR count). The number of nitro benzene ring substituents is 1. The highest BCUT2D eigenvalue weighted by atomic mass is 35.5. The molecule has 3 aromatic rings. The van der Waals surface area contributed by atoms with Gasteiger partial charge in [-0.15, -0.1) is 0 Å². The molecule has 0 spiro atoms. The van der Waals surface area contributed by atoms with Crippen molar-refractivity contribution in [3.8, 4) is 0 Å². The number of nitrogens with zero attached hydrogens (tertiary/aromatic N) is 4. The molecule has 1 heterocycles. The van der Waals surface area contributed by atoms with Crippen LogP contribution in [-0.2, 0) is 17.9 Å². The van der Waals surface area contributed by atoms with E-state index in [2.05, 4.69) is 4.57 Å². The zero-order valence-electron chi connectivity index (χ0n) is 21.7. The molecule has 9 heteroatoms. The Kier molecular flexibility index (Phi) is 9.47. The Morgan fingerprint density at radius 1 is 1.08 bits per heavy atom. The van der Waals surface area contributed by atoms with E-state index in [-0.39, 0.29) is 29.6 Å². The average molecular weight is 525 g/mol. The number of hydrogen-bond donors (Lipinski definition) is 0. The smallest absolute Gasteiger partial charge is 0.273 e. The first-order valence-electron chi connectivity index (χ1n) is 12.3. The number of likely N-dealkylation sites (N-methyl/N-ethyl adjacent to an activating group) is 1. The third-order valence-electron chi connectivity index (χ3n) is 6.16. The van der Waals surface area contributed by atoms with E-state index >= 15 is 0 Å². The summed E-state index contributed by atoms with van der Waals surface area (Å²) in [6.45, 7) is 9.16. The minimum atomic E-state index is -0.504. The molecular formula is C28H33ClN4O4. The van der Waals surface area contributed by atoms with Gasteiger partial charge in [0.1, 0.15) is 6.54 Å². The first-order chi connectivity index (χ1) is 17.6. The molecule has 1 aromatic heterocycles. The maximum Gasteiger partial charge on any atom is 0.273 e. The summed E-state index contributed by atoms with van der Waals surface area (Å²) in [4.78, 5) is 40.6. The Labute approximate surface area is 222 Å². The zero-order chi connectivity index (χ0) is 27.1. The number of rotatable bonds is 11. The van der Waals surface area contributed by atoms with Crippen LogP contribution in [0.3, 0.4) is 0 Å². The normalized spacial score (nSPS) is 11.0. The van der Waals surface area contributed by atoms with Crippen LogP contribution in [0.15, 0.2) is 60.8 Å². The first kappa shape index (κ1) is 27.9. The van der Waals surface area contributed by atoms with Crippen LogP contribution in [0, 0.1) is 23.0 Å². The van der Waals surface area contributed by atoms with E-state index in [0.29, 0.717) is 36.8 Å². The van der Waals surface area contributed by atoms with Gasteiger partial charge >= 0.3 is 0 Å². The summed E-state index contributed by atoms with van der Waals surface area (Å²) in [7, 11) is 0. The van der Waals surface area contributed by atoms with Crippen LogP contribution >= 0.6 is 11.6 Å². The summed E-state index contributed by atoms with van der Waals surface area (Å²) >= 11 is 6.35. The highest BCUT2D eigenvalue weighted by Gasteiger charge is 2.24. The fraction of sp³-hybridized carbons (Fsp3) is 0.357. The molecule has 0 atom stereocenters. The quantitative estimate of drug-likeness (QED) is 0.243. The largest absolute Gasteiger partial charge is 0.345 e. The molecule has 0 unspecified atom stereocenters. The summed E-state index contributed by atoms with van der Waals surface area (Å²) in [5.41, 5.74) is 2.49. The molecule has 2 amide bonds. The molecule has 0 saturated carbocycles. The molecule has 8 nitrogen and oxygen atoms in total. The van der Waals surface area contributed by atoms with Gasteiger partial charge in [0.05, 0.1) is 11.5 Å². The van der Waals surface area contributed by atoms with Crippen molar-refractivity contribution in [1.82, 2.24) is 14.4 Å². The molecule has 37 heavy (non-hydrogen) atoms. The van der Waals surface area contributed by atoms with Gasteiger partial charge in [-0.25, -0.2) is 0 Å². The molecular weight excluding hydrogens is 492 g/mol. The zero-order valence-corrected chi connectivity index (χ0v) is 22.4. The van der Waals surface area contributed by atoms with Crippen molar-refractivity contribution in [2.45, 2.75) is 40.8 Å². The van der Waals surface area contributed by atoms with Crippen LogP contribution in [0.1, 0.15) is 48.0 Å². The van der Waals surface area contributed by atoms with Crippen molar-refractivity contribution in [2.75, 3.05) is 19.6 Å². The second-order valence-corrected chi connectivity index (χ2v) is 9.87. The summed E-state index contributed by atoms with van der Waals surface area (Å²) in [5, 5.41) is 12.0. The van der Waals surface area contributed by atoms with Crippen LogP contribution in [0.5, 0.6) is 0 Å². The number of aryl methyl sites for hydroxylation is 1. The minimum Gasteiger partial charge on any atom is -0.345 e. The van der Waals surface area contributed by atoms with Gasteiger partial charge in [-0.1, -0.05) is 49.7 Å². The topological polar surface area (TPSA) is 88.7 Å². The molecule has 2 aromatic carbocycles. The SMILES string of the molecule is CCN(CC(=O)N(Cc1cccn1Cc1ccccc1Cl)CC(C)C)C(=O)c1ccc(C)c([N+](=O)[O-])c1. The lowest BCUT2D eigenvalue weighted by Crippen LogP contribution is -2.44. The predicted molar refractivity (Wildman–Crippen MR) is 145 cm³/mol. The van der Waals surface area contributed by atoms with Crippen molar-refractivity contribution in [1.29, 1.82) is 0 Å². The predicted octanol–water partition coefficient (Wildman–Crippen LogP) is 5.55. The number of nitro groups is 1. The van der Waals surface area contributed by atoms with E-state index in [1.165, 1.54) is 11.0 Å². The number of hydrogen-bond acceptors (Lipinski definition) is 4. The summed E-state index contributed by atoms with van der Waals surface area (Å²) in [6.07, 6.45) is 1.96. The fourth-order valence-electron chi connectivity index (χ4n) is 4.16. The van der Waals surface area contributed by atoms with Gasteiger partial charge in [-0.05, 0) is 49.6 Å². The standard InChI is InChI=1S/C28H33ClN4O4/c1-5-30(28(35)22-13-12-21(4)26(15-22)33(36)37)19-27(34)32(16-20(2)3)18-24-10-8-14-31(24)17-23-9-6-7-11-25(23)29/h6-15,20H,5,16-19H2,1-4H3. The number of amides is 2. The highest BCUT2D eigenvalue weighted by Crippen LogP contribution is 2.21. The second kappa shape index (κ2) is 12.5. The maximum atomic E-state index is 13.5. The van der Waals surface area contributed by atoms with E-state index in [4.69, 9.17) is 11.6 Å². The molecule has 0 aliphatic rings. The van der Waals surface area contributed by atoms with Crippen molar-refractivity contribution < 1.29 is 14.5 Å². The first-order valence-corrected chi connectivity index (χ1v) is 12.7. The van der Waals surface area contributed by atoms with E-state index in [9.17, 15) is 19.7 Å². The van der Waals surface area contributed by atoms with E-state index in [0.717, 1.165) is 11.3 Å². The Morgan fingerprint density at radius 2 is 1.81 bits per heavy atom. The molecule has 0 N–H and O–H groups in total. The lowest BCUT2D eigenvalue weighted by Gasteiger charge is -2.29. The van der Waals surface area contributed by atoms with Crippen molar-refractivity contribution in [3.63, 3.8) is 0 Å². The van der Waals surface area contributed by atoms with Crippen LogP contribution < -0.4 is 0 Å². The van der Waals surface area contributed by atoms with E-state index in [1.54, 1.807) is 30.9 Å². The van der Waals surface area contributed by atoms with Crippen LogP contribution in [0.25, 0.3) is 0 Å². The molecule has 0 saturated heterocycles. The Balaban J connectivity index is 1.78. The second-order valence-electron chi connectivity index (χ2n) is 9.46. The van der Waals surface area contributed by atoms with Gasteiger partial charge in [-0.2, -0.15) is 0 Å². The van der Waals surface area contributed by atoms with Gasteiger partial charge in [0.15, 0.2) is 0 Å². The van der Waals surface area contributed by atoms with Crippen LogP contribution in [-0.4, -0.2) is 50.7 Å².